The molecule has 2 N–H and O–H groups in total. The first-order chi connectivity index (χ1) is 5.72. The fourth-order valence-corrected chi connectivity index (χ4v) is 1.21. The van der Waals surface area contributed by atoms with E-state index in [4.69, 9.17) is 5.73 Å². The molecule has 0 aliphatic heterocycles. The van der Waals surface area contributed by atoms with Gasteiger partial charge in [0.2, 0.25) is 0 Å². The first-order valence-electron chi connectivity index (χ1n) is 4.36. The van der Waals surface area contributed by atoms with Crippen LogP contribution in [0.25, 0.3) is 0 Å². The fourth-order valence-electron chi connectivity index (χ4n) is 1.21. The molecule has 1 unspecified atom stereocenters. The van der Waals surface area contributed by atoms with Crippen LogP contribution in [-0.2, 0) is 6.42 Å². The molecule has 0 fully saturated rings. The second-order valence-electron chi connectivity index (χ2n) is 3.26. The summed E-state index contributed by atoms with van der Waals surface area (Å²) in [7, 11) is 0. The third-order valence-corrected chi connectivity index (χ3v) is 2.08. The zero-order valence-electron chi connectivity index (χ0n) is 7.75. The Bertz CT molecular complexity index is 243. The summed E-state index contributed by atoms with van der Waals surface area (Å²) in [6.07, 6.45) is 3.30. The van der Waals surface area contributed by atoms with Crippen LogP contribution in [0.3, 0.4) is 0 Å². The summed E-state index contributed by atoms with van der Waals surface area (Å²) in [6, 6.07) is 8.09. The van der Waals surface area contributed by atoms with Crippen molar-refractivity contribution in [2.75, 3.05) is 5.73 Å². The average molecular weight is 162 g/mol. The van der Waals surface area contributed by atoms with Crippen molar-refractivity contribution < 1.29 is 0 Å². The van der Waals surface area contributed by atoms with Crippen LogP contribution in [0.4, 0.5) is 5.69 Å². The highest BCUT2D eigenvalue weighted by Crippen LogP contribution is 2.13. The van der Waals surface area contributed by atoms with Gasteiger partial charge in [0.25, 0.3) is 0 Å². The van der Waals surface area contributed by atoms with E-state index in [-0.39, 0.29) is 0 Å². The lowest BCUT2D eigenvalue weighted by Gasteiger charge is -2.07. The van der Waals surface area contributed by atoms with Gasteiger partial charge in [-0.2, -0.15) is 0 Å². The molecule has 1 aromatic carbocycles. The topological polar surface area (TPSA) is 26.0 Å². The van der Waals surface area contributed by atoms with Gasteiger partial charge in [0, 0.05) is 5.69 Å². The van der Waals surface area contributed by atoms with Gasteiger partial charge >= 0.3 is 0 Å². The number of nitrogens with two attached hydrogens (primary N) is 1. The average Bonchev–Trinajstić information content (AvgIpc) is 2.04. The predicted molar refractivity (Wildman–Crippen MR) is 53.7 cm³/mol. The first kappa shape index (κ1) is 9.11. The van der Waals surface area contributed by atoms with Crippen LogP contribution < -0.4 is 5.73 Å². The van der Waals surface area contributed by atoms with Gasteiger partial charge in [-0.25, -0.2) is 0 Å². The molecule has 0 aromatic heterocycles. The quantitative estimate of drug-likeness (QED) is 0.679. The molecule has 0 heterocycles. The number of rotatable bonds is 3. The summed E-state index contributed by atoms with van der Waals surface area (Å²) in [6.45, 7) is 4.31. The summed E-state index contributed by atoms with van der Waals surface area (Å²) in [5.74, 6) is 0.631. The molecule has 1 nitrogen and oxygen atoms in total. The van der Waals surface area contributed by atoms with Crippen molar-refractivity contribution in [3.05, 3.63) is 36.2 Å². The van der Waals surface area contributed by atoms with E-state index in [2.05, 4.69) is 26.3 Å². The molecule has 1 aromatic rings. The van der Waals surface area contributed by atoms with Crippen LogP contribution in [0.5, 0.6) is 0 Å². The van der Waals surface area contributed by atoms with Crippen LogP contribution in [-0.4, -0.2) is 0 Å². The summed E-state index contributed by atoms with van der Waals surface area (Å²) in [5, 5.41) is 0. The van der Waals surface area contributed by atoms with Crippen molar-refractivity contribution in [3.8, 4) is 0 Å². The van der Waals surface area contributed by atoms with Gasteiger partial charge in [0.1, 0.15) is 0 Å². The Labute approximate surface area is 74.6 Å². The largest absolute Gasteiger partial charge is 0.399 e. The van der Waals surface area contributed by atoms with Gasteiger partial charge in [-0.05, 0) is 36.5 Å². The maximum atomic E-state index is 5.67. The van der Waals surface area contributed by atoms with Gasteiger partial charge in [-0.3, -0.25) is 0 Å². The number of hydrogen-bond donors (Lipinski definition) is 1. The Morgan fingerprint density at radius 2 is 2.25 bits per heavy atom. The minimum atomic E-state index is 0.631. The molecular weight excluding hydrogens is 146 g/mol. The Morgan fingerprint density at radius 3 is 2.83 bits per heavy atom. The predicted octanol–water partition coefficient (Wildman–Crippen LogP) is 2.67. The number of anilines is 1. The van der Waals surface area contributed by atoms with E-state index in [1.165, 1.54) is 5.56 Å². The number of hydrogen-bond acceptors (Lipinski definition) is 1. The van der Waals surface area contributed by atoms with Gasteiger partial charge in [0.15, 0.2) is 0 Å². The molecule has 0 aliphatic carbocycles. The van der Waals surface area contributed by atoms with Gasteiger partial charge in [-0.15, -0.1) is 0 Å². The molecule has 1 heteroatoms. The van der Waals surface area contributed by atoms with Crippen molar-refractivity contribution in [2.45, 2.75) is 20.3 Å². The van der Waals surface area contributed by atoms with Crippen LogP contribution in [0.1, 0.15) is 19.4 Å². The summed E-state index contributed by atoms with van der Waals surface area (Å²) in [4.78, 5) is 0. The molecule has 0 saturated carbocycles. The van der Waals surface area contributed by atoms with Gasteiger partial charge < -0.3 is 5.73 Å². The lowest BCUT2D eigenvalue weighted by Crippen LogP contribution is -1.98. The summed E-state index contributed by atoms with van der Waals surface area (Å²) < 4.78 is 0. The van der Waals surface area contributed by atoms with Crippen LogP contribution in [0, 0.1) is 12.3 Å². The summed E-state index contributed by atoms with van der Waals surface area (Å²) in [5.41, 5.74) is 7.84. The third kappa shape index (κ3) is 2.57. The standard InChI is InChI=1S/C11H16N/c1-3-9(2)7-10-5-4-6-11(12)8-10/h3-6,8-9H,7,12H2,1-2H3. The smallest absolute Gasteiger partial charge is 0.0316 e. The molecule has 0 amide bonds. The molecule has 1 rings (SSSR count). The van der Waals surface area contributed by atoms with Crippen LogP contribution >= 0.6 is 0 Å². The van der Waals surface area contributed by atoms with E-state index in [0.717, 1.165) is 12.1 Å². The lowest BCUT2D eigenvalue weighted by atomic mass is 9.99. The van der Waals surface area contributed by atoms with E-state index in [1.54, 1.807) is 0 Å². The van der Waals surface area contributed by atoms with Crippen LogP contribution in [0.2, 0.25) is 0 Å². The van der Waals surface area contributed by atoms with Crippen molar-refractivity contribution in [1.29, 1.82) is 0 Å². The molecular formula is C11H16N. The number of nitrogen functional groups attached to an aromatic ring is 1. The van der Waals surface area contributed by atoms with Gasteiger partial charge in [0.05, 0.1) is 0 Å². The Balaban J connectivity index is 2.63. The van der Waals surface area contributed by atoms with Crippen molar-refractivity contribution in [1.82, 2.24) is 0 Å². The normalized spacial score (nSPS) is 12.8. The molecule has 65 valence electrons. The first-order valence-corrected chi connectivity index (χ1v) is 4.36. The lowest BCUT2D eigenvalue weighted by molar-refractivity contribution is 0.671. The molecule has 0 spiro atoms. The summed E-state index contributed by atoms with van der Waals surface area (Å²) >= 11 is 0. The molecule has 12 heavy (non-hydrogen) atoms. The number of benzene rings is 1. The molecule has 1 atom stereocenters. The molecule has 0 saturated heterocycles. The second-order valence-corrected chi connectivity index (χ2v) is 3.26. The van der Waals surface area contributed by atoms with Gasteiger partial charge in [-0.1, -0.05) is 26.0 Å². The zero-order valence-corrected chi connectivity index (χ0v) is 7.75. The monoisotopic (exact) mass is 162 g/mol. The second kappa shape index (κ2) is 4.15. The zero-order chi connectivity index (χ0) is 8.97. The minimum Gasteiger partial charge on any atom is -0.399 e. The maximum Gasteiger partial charge on any atom is 0.0316 e. The molecule has 0 bridgehead atoms. The van der Waals surface area contributed by atoms with Crippen molar-refractivity contribution in [2.24, 2.45) is 5.92 Å². The third-order valence-electron chi connectivity index (χ3n) is 2.08. The minimum absolute atomic E-state index is 0.631. The van der Waals surface area contributed by atoms with E-state index in [1.807, 2.05) is 18.2 Å². The highest BCUT2D eigenvalue weighted by Gasteiger charge is 2.00. The highest BCUT2D eigenvalue weighted by atomic mass is 14.5. The van der Waals surface area contributed by atoms with E-state index in [0.29, 0.717) is 5.92 Å². The van der Waals surface area contributed by atoms with Crippen molar-refractivity contribution in [3.63, 3.8) is 0 Å². The van der Waals surface area contributed by atoms with E-state index in [9.17, 15) is 0 Å². The Kier molecular flexibility index (Phi) is 3.15. The Morgan fingerprint density at radius 1 is 1.50 bits per heavy atom. The van der Waals surface area contributed by atoms with Crippen LogP contribution in [0.15, 0.2) is 24.3 Å². The fraction of sp³-hybridized carbons (Fsp3) is 0.364. The maximum absolute atomic E-state index is 5.67. The molecule has 1 radical (unpaired) electrons. The molecule has 0 aliphatic rings. The highest BCUT2D eigenvalue weighted by molar-refractivity contribution is 5.40. The van der Waals surface area contributed by atoms with Crippen molar-refractivity contribution >= 4 is 5.69 Å². The Hall–Kier alpha value is -0.980. The SMILES string of the molecule is C[CH]C(C)Cc1cccc(N)c1. The van der Waals surface area contributed by atoms with E-state index >= 15 is 0 Å². The van der Waals surface area contributed by atoms with E-state index < -0.39 is 0 Å².